The third-order valence-electron chi connectivity index (χ3n) is 2.97. The second kappa shape index (κ2) is 6.19. The molecular formula is C14H25N3O2. The van der Waals surface area contributed by atoms with Crippen LogP contribution in [-0.4, -0.2) is 33.4 Å². The lowest BCUT2D eigenvalue weighted by Crippen LogP contribution is -2.36. The van der Waals surface area contributed by atoms with E-state index in [0.717, 1.165) is 0 Å². The highest BCUT2D eigenvalue weighted by atomic mass is 16.3. The van der Waals surface area contributed by atoms with Gasteiger partial charge in [-0.25, -0.2) is 0 Å². The first kappa shape index (κ1) is 15.7. The van der Waals surface area contributed by atoms with Crippen molar-refractivity contribution < 1.29 is 9.90 Å². The van der Waals surface area contributed by atoms with E-state index in [1.165, 1.54) is 0 Å². The SMILES string of the molecule is CC(O)CC(C)(C)CNC(=O)c1ccnn1C(C)C. The predicted molar refractivity (Wildman–Crippen MR) is 75.0 cm³/mol. The number of nitrogens with zero attached hydrogens (tertiary/aromatic N) is 2. The number of aromatic nitrogens is 2. The molecule has 1 amide bonds. The monoisotopic (exact) mass is 267 g/mol. The molecule has 5 nitrogen and oxygen atoms in total. The molecular weight excluding hydrogens is 242 g/mol. The smallest absolute Gasteiger partial charge is 0.269 e. The van der Waals surface area contributed by atoms with Crippen LogP contribution in [0.15, 0.2) is 12.3 Å². The molecule has 0 bridgehead atoms. The summed E-state index contributed by atoms with van der Waals surface area (Å²) >= 11 is 0. The Hall–Kier alpha value is -1.36. The molecule has 1 aromatic rings. The molecule has 1 rings (SSSR count). The number of amides is 1. The van der Waals surface area contributed by atoms with Gasteiger partial charge in [-0.3, -0.25) is 9.48 Å². The highest BCUT2D eigenvalue weighted by Gasteiger charge is 2.22. The summed E-state index contributed by atoms with van der Waals surface area (Å²) in [6.45, 7) is 10.3. The molecule has 1 heterocycles. The lowest BCUT2D eigenvalue weighted by molar-refractivity contribution is 0.0890. The standard InChI is InChI=1S/C14H25N3O2/c1-10(2)17-12(6-7-16-17)13(19)15-9-14(4,5)8-11(3)18/h6-7,10-11,18H,8-9H2,1-5H3,(H,15,19). The van der Waals surface area contributed by atoms with Crippen molar-refractivity contribution in [2.75, 3.05) is 6.54 Å². The van der Waals surface area contributed by atoms with Gasteiger partial charge in [-0.2, -0.15) is 5.10 Å². The number of hydrogen-bond acceptors (Lipinski definition) is 3. The quantitative estimate of drug-likeness (QED) is 0.828. The number of nitrogens with one attached hydrogen (secondary N) is 1. The molecule has 0 aromatic carbocycles. The van der Waals surface area contributed by atoms with E-state index in [0.29, 0.717) is 18.7 Å². The van der Waals surface area contributed by atoms with Crippen molar-refractivity contribution >= 4 is 5.91 Å². The third kappa shape index (κ3) is 4.67. The fourth-order valence-electron chi connectivity index (χ4n) is 2.19. The summed E-state index contributed by atoms with van der Waals surface area (Å²) in [6.07, 6.45) is 1.92. The molecule has 19 heavy (non-hydrogen) atoms. The number of hydrogen-bond donors (Lipinski definition) is 2. The summed E-state index contributed by atoms with van der Waals surface area (Å²) in [6, 6.07) is 1.87. The van der Waals surface area contributed by atoms with E-state index in [1.807, 2.05) is 27.7 Å². The molecule has 5 heteroatoms. The van der Waals surface area contributed by atoms with Gasteiger partial charge in [0, 0.05) is 18.8 Å². The Morgan fingerprint density at radius 2 is 2.11 bits per heavy atom. The Bertz CT molecular complexity index is 422. The van der Waals surface area contributed by atoms with Gasteiger partial charge in [0.25, 0.3) is 5.91 Å². The van der Waals surface area contributed by atoms with Gasteiger partial charge in [0.05, 0.1) is 6.10 Å². The molecule has 0 aliphatic rings. The third-order valence-corrected chi connectivity index (χ3v) is 2.97. The molecule has 0 radical (unpaired) electrons. The van der Waals surface area contributed by atoms with Crippen LogP contribution in [0.2, 0.25) is 0 Å². The Morgan fingerprint density at radius 1 is 1.47 bits per heavy atom. The Morgan fingerprint density at radius 3 is 2.63 bits per heavy atom. The van der Waals surface area contributed by atoms with Crippen LogP contribution in [0.1, 0.15) is 57.6 Å². The maximum Gasteiger partial charge on any atom is 0.269 e. The van der Waals surface area contributed by atoms with Gasteiger partial charge in [-0.05, 0) is 38.7 Å². The van der Waals surface area contributed by atoms with Gasteiger partial charge in [-0.15, -0.1) is 0 Å². The molecule has 1 aromatic heterocycles. The lowest BCUT2D eigenvalue weighted by Gasteiger charge is -2.26. The van der Waals surface area contributed by atoms with Gasteiger partial charge < -0.3 is 10.4 Å². The number of carbonyl (C=O) groups excluding carboxylic acids is 1. The van der Waals surface area contributed by atoms with Crippen molar-refractivity contribution in [2.24, 2.45) is 5.41 Å². The van der Waals surface area contributed by atoms with Crippen LogP contribution >= 0.6 is 0 Å². The lowest BCUT2D eigenvalue weighted by atomic mass is 9.87. The molecule has 108 valence electrons. The molecule has 0 fully saturated rings. The van der Waals surface area contributed by atoms with Crippen LogP contribution in [0, 0.1) is 5.41 Å². The second-order valence-electron chi connectivity index (χ2n) is 6.15. The summed E-state index contributed by atoms with van der Waals surface area (Å²) in [4.78, 5) is 12.1. The summed E-state index contributed by atoms with van der Waals surface area (Å²) in [5.41, 5.74) is 0.440. The number of aliphatic hydroxyl groups excluding tert-OH is 1. The zero-order valence-corrected chi connectivity index (χ0v) is 12.5. The highest BCUT2D eigenvalue weighted by Crippen LogP contribution is 2.21. The first-order valence-electron chi connectivity index (χ1n) is 6.73. The van der Waals surface area contributed by atoms with Crippen LogP contribution in [-0.2, 0) is 0 Å². The van der Waals surface area contributed by atoms with E-state index >= 15 is 0 Å². The van der Waals surface area contributed by atoms with Gasteiger partial charge in [0.15, 0.2) is 0 Å². The Kier molecular flexibility index (Phi) is 5.11. The molecule has 1 unspecified atom stereocenters. The molecule has 0 aliphatic carbocycles. The fourth-order valence-corrected chi connectivity index (χ4v) is 2.19. The van der Waals surface area contributed by atoms with Crippen molar-refractivity contribution in [1.29, 1.82) is 0 Å². The summed E-state index contributed by atoms with van der Waals surface area (Å²) in [5, 5.41) is 16.5. The van der Waals surface area contributed by atoms with Crippen LogP contribution in [0.5, 0.6) is 0 Å². The number of aliphatic hydroxyl groups is 1. The zero-order chi connectivity index (χ0) is 14.6. The van der Waals surface area contributed by atoms with Crippen LogP contribution < -0.4 is 5.32 Å². The first-order chi connectivity index (χ1) is 8.73. The Balaban J connectivity index is 2.63. The van der Waals surface area contributed by atoms with E-state index < -0.39 is 0 Å². The fraction of sp³-hybridized carbons (Fsp3) is 0.714. The predicted octanol–water partition coefficient (Wildman–Crippen LogP) is 1.99. The maximum atomic E-state index is 12.1. The van der Waals surface area contributed by atoms with Crippen molar-refractivity contribution in [3.8, 4) is 0 Å². The maximum absolute atomic E-state index is 12.1. The van der Waals surface area contributed by atoms with E-state index in [-0.39, 0.29) is 23.5 Å². The second-order valence-corrected chi connectivity index (χ2v) is 6.15. The van der Waals surface area contributed by atoms with Gasteiger partial charge in [0.1, 0.15) is 5.69 Å². The normalized spacial score (nSPS) is 13.6. The van der Waals surface area contributed by atoms with Crippen LogP contribution in [0.4, 0.5) is 0 Å². The van der Waals surface area contributed by atoms with Crippen LogP contribution in [0.3, 0.4) is 0 Å². The number of carbonyl (C=O) groups is 1. The van der Waals surface area contributed by atoms with E-state index in [9.17, 15) is 9.90 Å². The molecule has 2 N–H and O–H groups in total. The topological polar surface area (TPSA) is 67.2 Å². The zero-order valence-electron chi connectivity index (χ0n) is 12.5. The van der Waals surface area contributed by atoms with Gasteiger partial charge in [-0.1, -0.05) is 13.8 Å². The average Bonchev–Trinajstić information content (AvgIpc) is 2.73. The molecule has 0 aliphatic heterocycles. The van der Waals surface area contributed by atoms with E-state index in [4.69, 9.17) is 0 Å². The molecule has 0 spiro atoms. The van der Waals surface area contributed by atoms with Gasteiger partial charge >= 0.3 is 0 Å². The van der Waals surface area contributed by atoms with Crippen molar-refractivity contribution in [2.45, 2.75) is 53.2 Å². The highest BCUT2D eigenvalue weighted by molar-refractivity contribution is 5.92. The minimum Gasteiger partial charge on any atom is -0.393 e. The van der Waals surface area contributed by atoms with Crippen molar-refractivity contribution in [3.05, 3.63) is 18.0 Å². The first-order valence-corrected chi connectivity index (χ1v) is 6.73. The van der Waals surface area contributed by atoms with E-state index in [1.54, 1.807) is 23.9 Å². The molecule has 1 atom stereocenters. The minimum atomic E-state index is -0.368. The molecule has 0 saturated carbocycles. The summed E-state index contributed by atoms with van der Waals surface area (Å²) < 4.78 is 1.71. The summed E-state index contributed by atoms with van der Waals surface area (Å²) in [7, 11) is 0. The summed E-state index contributed by atoms with van der Waals surface area (Å²) in [5.74, 6) is -0.120. The van der Waals surface area contributed by atoms with Crippen molar-refractivity contribution in [1.82, 2.24) is 15.1 Å². The molecule has 0 saturated heterocycles. The number of rotatable bonds is 6. The van der Waals surface area contributed by atoms with Crippen LogP contribution in [0.25, 0.3) is 0 Å². The Labute approximate surface area is 115 Å². The average molecular weight is 267 g/mol. The minimum absolute atomic E-state index is 0.120. The van der Waals surface area contributed by atoms with Gasteiger partial charge in [0.2, 0.25) is 0 Å². The van der Waals surface area contributed by atoms with Crippen molar-refractivity contribution in [3.63, 3.8) is 0 Å². The largest absolute Gasteiger partial charge is 0.393 e. The van der Waals surface area contributed by atoms with E-state index in [2.05, 4.69) is 10.4 Å².